The van der Waals surface area contributed by atoms with Crippen LogP contribution in [0.5, 0.6) is 5.75 Å². The number of nitrogens with one attached hydrogen (secondary N) is 1. The summed E-state index contributed by atoms with van der Waals surface area (Å²) >= 11 is 5.80. The summed E-state index contributed by atoms with van der Waals surface area (Å²) in [5.41, 5.74) is 0. The molecule has 0 fully saturated rings. The Morgan fingerprint density at radius 3 is 2.59 bits per heavy atom. The first-order chi connectivity index (χ1) is 10.5. The Labute approximate surface area is 138 Å². The number of benzene rings is 1. The van der Waals surface area contributed by atoms with Crippen molar-refractivity contribution >= 4 is 17.5 Å². The van der Waals surface area contributed by atoms with Crippen LogP contribution in [0.15, 0.2) is 24.3 Å². The largest absolute Gasteiger partial charge is 0.494 e. The normalized spacial score (nSPS) is 11.0. The summed E-state index contributed by atoms with van der Waals surface area (Å²) in [7, 11) is 0. The molecular weight excluding hydrogens is 300 g/mol. The molecule has 22 heavy (non-hydrogen) atoms. The molecule has 1 aromatic carbocycles. The van der Waals surface area contributed by atoms with E-state index in [2.05, 4.69) is 31.0 Å². The second-order valence-corrected chi connectivity index (χ2v) is 5.91. The molecule has 0 aliphatic rings. The van der Waals surface area contributed by atoms with E-state index in [1.54, 1.807) is 12.1 Å². The molecule has 0 heterocycles. The summed E-state index contributed by atoms with van der Waals surface area (Å²) < 4.78 is 5.56. The minimum atomic E-state index is 0.0829. The Kier molecular flexibility index (Phi) is 8.94. The van der Waals surface area contributed by atoms with Crippen LogP contribution in [0, 0.1) is 0 Å². The van der Waals surface area contributed by atoms with Gasteiger partial charge in [0.05, 0.1) is 6.61 Å². The third-order valence-electron chi connectivity index (χ3n) is 3.49. The quantitative estimate of drug-likeness (QED) is 0.670. The fourth-order valence-electron chi connectivity index (χ4n) is 2.16. The molecule has 0 aliphatic heterocycles. The third kappa shape index (κ3) is 7.66. The standard InChI is InChI=1S/C17H27ClN2O2/c1-4-20(14(2)3)12-11-19-17(21)6-5-13-22-16-9-7-15(18)8-10-16/h7-10,14H,4-6,11-13H2,1-3H3,(H,19,21). The van der Waals surface area contributed by atoms with Crippen LogP contribution in [-0.4, -0.2) is 43.1 Å². The molecule has 1 amide bonds. The lowest BCUT2D eigenvalue weighted by Crippen LogP contribution is -2.38. The van der Waals surface area contributed by atoms with E-state index in [1.807, 2.05) is 12.1 Å². The number of rotatable bonds is 10. The Hall–Kier alpha value is -1.26. The van der Waals surface area contributed by atoms with Crippen molar-refractivity contribution in [1.82, 2.24) is 10.2 Å². The predicted molar refractivity (Wildman–Crippen MR) is 91.6 cm³/mol. The van der Waals surface area contributed by atoms with E-state index in [4.69, 9.17) is 16.3 Å². The molecule has 0 saturated heterocycles. The lowest BCUT2D eigenvalue weighted by atomic mass is 10.3. The second kappa shape index (κ2) is 10.5. The first kappa shape index (κ1) is 18.8. The van der Waals surface area contributed by atoms with E-state index in [1.165, 1.54) is 0 Å². The Balaban J connectivity index is 2.09. The Morgan fingerprint density at radius 2 is 2.00 bits per heavy atom. The Bertz CT molecular complexity index is 435. The van der Waals surface area contributed by atoms with Crippen LogP contribution < -0.4 is 10.1 Å². The van der Waals surface area contributed by atoms with E-state index >= 15 is 0 Å². The molecule has 0 bridgehead atoms. The summed E-state index contributed by atoms with van der Waals surface area (Å²) in [6, 6.07) is 7.74. The van der Waals surface area contributed by atoms with Crippen molar-refractivity contribution in [3.8, 4) is 5.75 Å². The topological polar surface area (TPSA) is 41.6 Å². The molecule has 0 atom stereocenters. The number of hydrogen-bond donors (Lipinski definition) is 1. The van der Waals surface area contributed by atoms with Crippen molar-refractivity contribution in [1.29, 1.82) is 0 Å². The molecular formula is C17H27ClN2O2. The van der Waals surface area contributed by atoms with Gasteiger partial charge in [-0.25, -0.2) is 0 Å². The lowest BCUT2D eigenvalue weighted by molar-refractivity contribution is -0.121. The summed E-state index contributed by atoms with van der Waals surface area (Å²) in [4.78, 5) is 14.1. The maximum atomic E-state index is 11.7. The molecule has 0 aliphatic carbocycles. The van der Waals surface area contributed by atoms with Crippen LogP contribution in [0.4, 0.5) is 0 Å². The van der Waals surface area contributed by atoms with Crippen LogP contribution in [-0.2, 0) is 4.79 Å². The SMILES string of the molecule is CCN(CCNC(=O)CCCOc1ccc(Cl)cc1)C(C)C. The second-order valence-electron chi connectivity index (χ2n) is 5.48. The van der Waals surface area contributed by atoms with Crippen molar-refractivity contribution in [2.45, 2.75) is 39.7 Å². The van der Waals surface area contributed by atoms with Crippen molar-refractivity contribution < 1.29 is 9.53 Å². The number of amides is 1. The van der Waals surface area contributed by atoms with E-state index < -0.39 is 0 Å². The van der Waals surface area contributed by atoms with E-state index in [9.17, 15) is 4.79 Å². The van der Waals surface area contributed by atoms with Crippen molar-refractivity contribution in [2.24, 2.45) is 0 Å². The highest BCUT2D eigenvalue weighted by Crippen LogP contribution is 2.15. The molecule has 4 nitrogen and oxygen atoms in total. The van der Waals surface area contributed by atoms with Gasteiger partial charge in [-0.1, -0.05) is 18.5 Å². The van der Waals surface area contributed by atoms with Crippen LogP contribution in [0.25, 0.3) is 0 Å². The van der Waals surface area contributed by atoms with Crippen molar-refractivity contribution in [3.63, 3.8) is 0 Å². The van der Waals surface area contributed by atoms with Crippen molar-refractivity contribution in [3.05, 3.63) is 29.3 Å². The smallest absolute Gasteiger partial charge is 0.220 e. The Morgan fingerprint density at radius 1 is 1.32 bits per heavy atom. The van der Waals surface area contributed by atoms with Crippen LogP contribution in [0.3, 0.4) is 0 Å². The first-order valence-corrected chi connectivity index (χ1v) is 8.29. The molecule has 0 radical (unpaired) electrons. The number of carbonyl (C=O) groups is 1. The van der Waals surface area contributed by atoms with E-state index in [0.29, 0.717) is 37.1 Å². The zero-order chi connectivity index (χ0) is 16.4. The van der Waals surface area contributed by atoms with Gasteiger partial charge in [-0.3, -0.25) is 9.69 Å². The van der Waals surface area contributed by atoms with Gasteiger partial charge in [0.2, 0.25) is 5.91 Å². The fraction of sp³-hybridized carbons (Fsp3) is 0.588. The van der Waals surface area contributed by atoms with Gasteiger partial charge in [0.15, 0.2) is 0 Å². The molecule has 1 rings (SSSR count). The predicted octanol–water partition coefficient (Wildman–Crippen LogP) is 3.35. The average molecular weight is 327 g/mol. The van der Waals surface area contributed by atoms with Gasteiger partial charge < -0.3 is 10.1 Å². The van der Waals surface area contributed by atoms with Gasteiger partial charge in [0.25, 0.3) is 0 Å². The summed E-state index contributed by atoms with van der Waals surface area (Å²) in [6.07, 6.45) is 1.19. The van der Waals surface area contributed by atoms with Gasteiger partial charge in [-0.15, -0.1) is 0 Å². The van der Waals surface area contributed by atoms with Crippen molar-refractivity contribution in [2.75, 3.05) is 26.2 Å². The number of hydrogen-bond acceptors (Lipinski definition) is 3. The number of nitrogens with zero attached hydrogens (tertiary/aromatic N) is 1. The summed E-state index contributed by atoms with van der Waals surface area (Å²) in [5, 5.41) is 3.64. The zero-order valence-corrected chi connectivity index (χ0v) is 14.5. The summed E-state index contributed by atoms with van der Waals surface area (Å²) in [6.45, 7) is 9.59. The monoisotopic (exact) mass is 326 g/mol. The molecule has 0 spiro atoms. The number of halogens is 1. The molecule has 0 unspecified atom stereocenters. The number of likely N-dealkylation sites (N-methyl/N-ethyl adjacent to an activating group) is 1. The van der Waals surface area contributed by atoms with Crippen LogP contribution in [0.2, 0.25) is 5.02 Å². The molecule has 1 N–H and O–H groups in total. The van der Waals surface area contributed by atoms with Crippen LogP contribution in [0.1, 0.15) is 33.6 Å². The van der Waals surface area contributed by atoms with Crippen LogP contribution >= 0.6 is 11.6 Å². The van der Waals surface area contributed by atoms with Gasteiger partial charge >= 0.3 is 0 Å². The van der Waals surface area contributed by atoms with E-state index in [0.717, 1.165) is 18.8 Å². The third-order valence-corrected chi connectivity index (χ3v) is 3.74. The summed E-state index contributed by atoms with van der Waals surface area (Å²) in [5.74, 6) is 0.861. The molecule has 5 heteroatoms. The van der Waals surface area contributed by atoms with Gasteiger partial charge in [0.1, 0.15) is 5.75 Å². The first-order valence-electron chi connectivity index (χ1n) is 7.92. The highest BCUT2D eigenvalue weighted by Gasteiger charge is 2.07. The van der Waals surface area contributed by atoms with Gasteiger partial charge in [-0.05, 0) is 51.1 Å². The molecule has 1 aromatic rings. The molecule has 0 aromatic heterocycles. The van der Waals surface area contributed by atoms with Gasteiger partial charge in [-0.2, -0.15) is 0 Å². The maximum absolute atomic E-state index is 11.7. The number of ether oxygens (including phenoxy) is 1. The maximum Gasteiger partial charge on any atom is 0.220 e. The highest BCUT2D eigenvalue weighted by molar-refractivity contribution is 6.30. The molecule has 124 valence electrons. The minimum Gasteiger partial charge on any atom is -0.494 e. The van der Waals surface area contributed by atoms with E-state index in [-0.39, 0.29) is 5.91 Å². The zero-order valence-electron chi connectivity index (χ0n) is 13.8. The fourth-order valence-corrected chi connectivity index (χ4v) is 2.29. The highest BCUT2D eigenvalue weighted by atomic mass is 35.5. The average Bonchev–Trinajstić information content (AvgIpc) is 2.49. The molecule has 0 saturated carbocycles. The minimum absolute atomic E-state index is 0.0829. The lowest BCUT2D eigenvalue weighted by Gasteiger charge is -2.24. The van der Waals surface area contributed by atoms with Gasteiger partial charge in [0, 0.05) is 30.6 Å². The number of carbonyl (C=O) groups excluding carboxylic acids is 1.